The van der Waals surface area contributed by atoms with Crippen molar-refractivity contribution in [2.24, 2.45) is 0 Å². The molecule has 0 radical (unpaired) electrons. The van der Waals surface area contributed by atoms with Crippen LogP contribution in [0.15, 0.2) is 40.1 Å². The van der Waals surface area contributed by atoms with E-state index in [-0.39, 0.29) is 10.6 Å². The Morgan fingerprint density at radius 2 is 1.89 bits per heavy atom. The predicted octanol–water partition coefficient (Wildman–Crippen LogP) is 2.22. The van der Waals surface area contributed by atoms with Gasteiger partial charge >= 0.3 is 0 Å². The Morgan fingerprint density at radius 3 is 2.53 bits per heavy atom. The highest BCUT2D eigenvalue weighted by Crippen LogP contribution is 2.32. The summed E-state index contributed by atoms with van der Waals surface area (Å²) < 4.78 is 35.2. The molecule has 0 unspecified atom stereocenters. The average Bonchev–Trinajstić information content (AvgIpc) is 2.34. The number of benzene rings is 2. The highest BCUT2D eigenvalue weighted by Gasteiger charge is 2.12. The summed E-state index contributed by atoms with van der Waals surface area (Å²) in [7, 11) is -4.32. The topological polar surface area (TPSA) is 113 Å². The molecule has 0 aliphatic carbocycles. The van der Waals surface area contributed by atoms with E-state index >= 15 is 0 Å². The van der Waals surface area contributed by atoms with Gasteiger partial charge in [-0.2, -0.15) is 8.42 Å². The van der Waals surface area contributed by atoms with Gasteiger partial charge < -0.3 is 5.11 Å². The zero-order chi connectivity index (χ0) is 14.0. The molecule has 2 rings (SSSR count). The van der Waals surface area contributed by atoms with Gasteiger partial charge in [0, 0.05) is 10.3 Å². The fourth-order valence-electron chi connectivity index (χ4n) is 1.56. The van der Waals surface area contributed by atoms with Gasteiger partial charge in [0.05, 0.1) is 16.9 Å². The molecule has 0 atom stereocenters. The molecule has 0 bridgehead atoms. The fourth-order valence-corrected chi connectivity index (χ4v) is 2.52. The second kappa shape index (κ2) is 5.33. The van der Waals surface area contributed by atoms with Crippen LogP contribution in [-0.2, 0) is 19.5 Å². The lowest BCUT2D eigenvalue weighted by Crippen LogP contribution is -1.97. The van der Waals surface area contributed by atoms with Gasteiger partial charge in [0.25, 0.3) is 10.1 Å². The molecule has 2 aromatic carbocycles. The Balaban J connectivity index is 2.56. The molecular formula is C10H8O7S2. The van der Waals surface area contributed by atoms with Crippen molar-refractivity contribution in [1.82, 2.24) is 0 Å². The number of hydrogen-bond donors (Lipinski definition) is 3. The van der Waals surface area contributed by atoms with Crippen molar-refractivity contribution in [2.45, 2.75) is 9.79 Å². The first-order valence-corrected chi connectivity index (χ1v) is 6.99. The molecule has 9 heteroatoms. The second-order valence-electron chi connectivity index (χ2n) is 3.53. The van der Waals surface area contributed by atoms with E-state index in [1.807, 2.05) is 0 Å². The summed E-state index contributed by atoms with van der Waals surface area (Å²) in [6, 6.07) is 6.59. The van der Waals surface area contributed by atoms with Crippen LogP contribution in [0, 0.1) is 0 Å². The predicted molar refractivity (Wildman–Crippen MR) is 66.1 cm³/mol. The summed E-state index contributed by atoms with van der Waals surface area (Å²) in [5.41, 5.74) is 0. The van der Waals surface area contributed by atoms with Crippen molar-refractivity contribution in [3.63, 3.8) is 0 Å². The maximum absolute atomic E-state index is 11.0. The molecular weight excluding hydrogens is 296 g/mol. The van der Waals surface area contributed by atoms with Crippen LogP contribution in [0.25, 0.3) is 10.8 Å². The summed E-state index contributed by atoms with van der Waals surface area (Å²) in [5.74, 6) is -0.108. The van der Waals surface area contributed by atoms with E-state index < -0.39 is 10.1 Å². The molecule has 0 saturated heterocycles. The second-order valence-corrected chi connectivity index (χ2v) is 5.72. The van der Waals surface area contributed by atoms with Crippen molar-refractivity contribution in [1.29, 1.82) is 0 Å². The Bertz CT molecular complexity index is 711. The first kappa shape index (κ1) is 14.1. The summed E-state index contributed by atoms with van der Waals surface area (Å²) in [6.07, 6.45) is 0. The highest BCUT2D eigenvalue weighted by molar-refractivity contribution is 7.94. The standard InChI is InChI=1S/C10H8O7S2/c11-10-5-7(18-17-16-12)3-6-4-8(19(13,14)15)1-2-9(6)10/h1-5,11-12H,(H,13,14,15). The molecule has 19 heavy (non-hydrogen) atoms. The van der Waals surface area contributed by atoms with Gasteiger partial charge in [-0.25, -0.2) is 5.26 Å². The summed E-state index contributed by atoms with van der Waals surface area (Å²) in [4.78, 5) is 0.0763. The number of hydrogen-bond acceptors (Lipinski definition) is 7. The number of fused-ring (bicyclic) bond motifs is 1. The third-order valence-corrected chi connectivity index (χ3v) is 3.74. The Kier molecular flexibility index (Phi) is 3.94. The molecule has 0 aromatic heterocycles. The van der Waals surface area contributed by atoms with E-state index in [0.29, 0.717) is 27.7 Å². The Hall–Kier alpha value is -1.36. The van der Waals surface area contributed by atoms with Gasteiger partial charge in [-0.05, 0) is 35.7 Å². The molecule has 102 valence electrons. The average molecular weight is 304 g/mol. The van der Waals surface area contributed by atoms with Crippen LogP contribution in [0.2, 0.25) is 0 Å². The minimum atomic E-state index is -4.32. The first-order chi connectivity index (χ1) is 8.91. The molecule has 3 N–H and O–H groups in total. The molecule has 0 amide bonds. The van der Waals surface area contributed by atoms with Crippen LogP contribution in [0.4, 0.5) is 0 Å². The van der Waals surface area contributed by atoms with Crippen molar-refractivity contribution in [3.8, 4) is 5.75 Å². The molecule has 0 spiro atoms. The van der Waals surface area contributed by atoms with Crippen LogP contribution in [0.1, 0.15) is 0 Å². The molecule has 2 aromatic rings. The summed E-state index contributed by atoms with van der Waals surface area (Å²) in [5, 5.41) is 22.0. The zero-order valence-electron chi connectivity index (χ0n) is 9.18. The number of phenols is 1. The first-order valence-electron chi connectivity index (χ1n) is 4.81. The largest absolute Gasteiger partial charge is 0.507 e. The van der Waals surface area contributed by atoms with Gasteiger partial charge in [0.15, 0.2) is 0 Å². The van der Waals surface area contributed by atoms with E-state index in [4.69, 9.17) is 9.81 Å². The normalized spacial score (nSPS) is 11.9. The molecule has 7 nitrogen and oxygen atoms in total. The van der Waals surface area contributed by atoms with Crippen LogP contribution >= 0.6 is 12.0 Å². The minimum absolute atomic E-state index is 0.108. The van der Waals surface area contributed by atoms with Gasteiger partial charge in [0.1, 0.15) is 5.75 Å². The van der Waals surface area contributed by atoms with Gasteiger partial charge in [0.2, 0.25) is 0 Å². The van der Waals surface area contributed by atoms with E-state index in [9.17, 15) is 13.5 Å². The van der Waals surface area contributed by atoms with Crippen LogP contribution < -0.4 is 0 Å². The van der Waals surface area contributed by atoms with E-state index in [1.54, 1.807) is 0 Å². The number of aromatic hydroxyl groups is 1. The minimum Gasteiger partial charge on any atom is -0.507 e. The SMILES string of the molecule is O=S(=O)(O)c1ccc2c(O)cc(SOOO)cc2c1. The van der Waals surface area contributed by atoms with Gasteiger partial charge in [-0.1, -0.05) is 5.04 Å². The van der Waals surface area contributed by atoms with Crippen molar-refractivity contribution in [2.75, 3.05) is 0 Å². The smallest absolute Gasteiger partial charge is 0.294 e. The third kappa shape index (κ3) is 3.15. The summed E-state index contributed by atoms with van der Waals surface area (Å²) >= 11 is 0.619. The lowest BCUT2D eigenvalue weighted by Gasteiger charge is -2.06. The van der Waals surface area contributed by atoms with Gasteiger partial charge in [-0.3, -0.25) is 4.55 Å². The molecule has 0 heterocycles. The highest BCUT2D eigenvalue weighted by atomic mass is 32.2. The Morgan fingerprint density at radius 1 is 1.16 bits per heavy atom. The lowest BCUT2D eigenvalue weighted by molar-refractivity contribution is -0.432. The quantitative estimate of drug-likeness (QED) is 0.341. The maximum atomic E-state index is 11.0. The van der Waals surface area contributed by atoms with Crippen LogP contribution in [-0.4, -0.2) is 23.3 Å². The fraction of sp³-hybridized carbons (Fsp3) is 0. The van der Waals surface area contributed by atoms with Crippen molar-refractivity contribution in [3.05, 3.63) is 30.3 Å². The maximum Gasteiger partial charge on any atom is 0.294 e. The molecule has 0 aliphatic heterocycles. The van der Waals surface area contributed by atoms with E-state index in [2.05, 4.69) is 9.37 Å². The number of rotatable bonds is 4. The Labute approximate surface area is 112 Å². The van der Waals surface area contributed by atoms with Crippen LogP contribution in [0.5, 0.6) is 5.75 Å². The third-order valence-electron chi connectivity index (χ3n) is 2.33. The monoisotopic (exact) mass is 304 g/mol. The summed E-state index contributed by atoms with van der Waals surface area (Å²) in [6.45, 7) is 0. The molecule has 0 fully saturated rings. The van der Waals surface area contributed by atoms with Crippen molar-refractivity contribution >= 4 is 32.9 Å². The molecule has 0 aliphatic rings. The zero-order valence-corrected chi connectivity index (χ0v) is 10.8. The van der Waals surface area contributed by atoms with Gasteiger partial charge in [-0.15, -0.1) is 4.33 Å². The van der Waals surface area contributed by atoms with E-state index in [1.165, 1.54) is 30.3 Å². The molecule has 0 saturated carbocycles. The lowest BCUT2D eigenvalue weighted by atomic mass is 10.1. The number of phenolic OH excluding ortho intramolecular Hbond substituents is 1. The van der Waals surface area contributed by atoms with Crippen molar-refractivity contribution < 1.29 is 32.7 Å². The van der Waals surface area contributed by atoms with Crippen LogP contribution in [0.3, 0.4) is 0 Å². The van der Waals surface area contributed by atoms with E-state index in [0.717, 1.165) is 0 Å².